The van der Waals surface area contributed by atoms with Gasteiger partial charge in [0.25, 0.3) is 0 Å². The molecule has 326 valence electrons. The number of nitrogens with zero attached hydrogens (tertiary/aromatic N) is 10. The molecule has 0 N–H and O–H groups in total. The summed E-state index contributed by atoms with van der Waals surface area (Å²) in [4.78, 5) is 29.1. The predicted octanol–water partition coefficient (Wildman–Crippen LogP) is 13.8. The van der Waals surface area contributed by atoms with E-state index in [0.717, 1.165) is 132 Å². The Morgan fingerprint density at radius 3 is 0.857 bits per heavy atom. The van der Waals surface area contributed by atoms with Gasteiger partial charge in [-0.1, -0.05) is 78.9 Å². The third-order valence-corrected chi connectivity index (χ3v) is 14.1. The number of aromatic nitrogens is 10. The molecule has 10 heteroatoms. The van der Waals surface area contributed by atoms with Crippen LogP contribution in [-0.4, -0.2) is 48.2 Å². The number of hydrogen-bond donors (Lipinski definition) is 0. The largest absolute Gasteiger partial charge is 0.305 e. The quantitative estimate of drug-likeness (QED) is 0.165. The van der Waals surface area contributed by atoms with Crippen LogP contribution in [0.2, 0.25) is 0 Å². The molecule has 10 aromatic heterocycles. The highest BCUT2D eigenvalue weighted by atomic mass is 15.1. The summed E-state index contributed by atoms with van der Waals surface area (Å²) >= 11 is 0. The van der Waals surface area contributed by atoms with E-state index in [9.17, 15) is 0 Å². The van der Waals surface area contributed by atoms with E-state index in [4.69, 9.17) is 24.9 Å². The van der Waals surface area contributed by atoms with Gasteiger partial charge in [0.05, 0.1) is 91.7 Å². The number of fused-ring (bicyclic) bond motifs is 12. The SMILES string of the molecule is c1cncc(-c2c(-n3c4ccccc4c4ccncc43)c(-n3c4ccccc4c4ccncc43)c(-c3ccncc3)c(-n3c4ccccc4c4ccncc43)c2-n2c3ccccc3c3ccncc32)c1. The molecule has 0 aliphatic rings. The first kappa shape index (κ1) is 38.3. The molecule has 0 aliphatic carbocycles. The molecule has 70 heavy (non-hydrogen) atoms. The van der Waals surface area contributed by atoms with Gasteiger partial charge in [0.1, 0.15) is 0 Å². The Morgan fingerprint density at radius 2 is 0.514 bits per heavy atom. The van der Waals surface area contributed by atoms with Gasteiger partial charge in [-0.2, -0.15) is 0 Å². The standard InChI is InChI=1S/C60H36N10/c1-5-15-47-39(11-1)43-21-28-63-33-51(43)67(47)57-55(37-19-26-61-27-20-37)58(68-48-16-6-2-12-40(48)44-22-29-64-34-52(44)68)60(70-50-18-8-4-14-42(50)46-24-31-66-36-54(46)70)56(38-10-9-25-62-32-38)59(57)69-49-17-7-3-13-41(49)45-23-30-65-35-53(45)69/h1-36H. The average molecular weight is 897 g/mol. The first-order chi connectivity index (χ1) is 34.8. The van der Waals surface area contributed by atoms with Crippen LogP contribution >= 0.6 is 0 Å². The fourth-order valence-corrected chi connectivity index (χ4v) is 11.4. The fraction of sp³-hybridized carbons (Fsp3) is 0. The van der Waals surface area contributed by atoms with E-state index >= 15 is 0 Å². The number of hydrogen-bond acceptors (Lipinski definition) is 6. The molecule has 0 bridgehead atoms. The highest BCUT2D eigenvalue weighted by Crippen LogP contribution is 2.54. The zero-order valence-corrected chi connectivity index (χ0v) is 37.3. The van der Waals surface area contributed by atoms with Crippen molar-refractivity contribution in [3.05, 3.63) is 220 Å². The van der Waals surface area contributed by atoms with Crippen molar-refractivity contribution in [1.82, 2.24) is 48.2 Å². The highest BCUT2D eigenvalue weighted by Gasteiger charge is 2.35. The van der Waals surface area contributed by atoms with E-state index in [1.807, 2.05) is 80.4 Å². The molecule has 0 saturated carbocycles. The van der Waals surface area contributed by atoms with E-state index in [1.54, 1.807) is 0 Å². The molecule has 10 nitrogen and oxygen atoms in total. The van der Waals surface area contributed by atoms with Crippen molar-refractivity contribution in [2.45, 2.75) is 0 Å². The van der Waals surface area contributed by atoms with Crippen molar-refractivity contribution >= 4 is 87.2 Å². The number of pyridine rings is 6. The minimum Gasteiger partial charge on any atom is -0.305 e. The van der Waals surface area contributed by atoms with Crippen LogP contribution in [0.5, 0.6) is 0 Å². The van der Waals surface area contributed by atoms with Gasteiger partial charge in [-0.3, -0.25) is 29.9 Å². The summed E-state index contributed by atoms with van der Waals surface area (Å²) in [6.45, 7) is 0. The number of para-hydroxylation sites is 4. The fourth-order valence-electron chi connectivity index (χ4n) is 11.4. The molecule has 10 heterocycles. The smallest absolute Gasteiger partial charge is 0.0812 e. The Labute approximate surface area is 398 Å². The summed E-state index contributed by atoms with van der Waals surface area (Å²) in [5, 5.41) is 8.78. The summed E-state index contributed by atoms with van der Waals surface area (Å²) in [5.74, 6) is 0. The molecule has 0 amide bonds. The maximum atomic E-state index is 4.94. The Bertz CT molecular complexity index is 3840. The monoisotopic (exact) mass is 896 g/mol. The first-order valence-electron chi connectivity index (χ1n) is 23.2. The topological polar surface area (TPSA) is 97.1 Å². The molecule has 0 spiro atoms. The van der Waals surface area contributed by atoms with Crippen molar-refractivity contribution in [2.75, 3.05) is 0 Å². The second-order valence-corrected chi connectivity index (χ2v) is 17.6. The van der Waals surface area contributed by atoms with Gasteiger partial charge < -0.3 is 18.3 Å². The Balaban J connectivity index is 1.35. The van der Waals surface area contributed by atoms with E-state index in [1.165, 1.54) is 0 Å². The van der Waals surface area contributed by atoms with Crippen LogP contribution < -0.4 is 0 Å². The van der Waals surface area contributed by atoms with Crippen molar-refractivity contribution in [1.29, 1.82) is 0 Å². The molecule has 0 unspecified atom stereocenters. The van der Waals surface area contributed by atoms with Gasteiger partial charge in [-0.25, -0.2) is 0 Å². The van der Waals surface area contributed by atoms with E-state index < -0.39 is 0 Å². The lowest BCUT2D eigenvalue weighted by atomic mass is 9.91. The first-order valence-corrected chi connectivity index (χ1v) is 23.2. The molecule has 15 aromatic rings. The molecule has 0 radical (unpaired) electrons. The number of benzene rings is 5. The summed E-state index contributed by atoms with van der Waals surface area (Å²) < 4.78 is 9.74. The molecule has 0 aliphatic heterocycles. The second-order valence-electron chi connectivity index (χ2n) is 17.6. The van der Waals surface area contributed by atoms with Crippen molar-refractivity contribution in [3.8, 4) is 45.0 Å². The highest BCUT2D eigenvalue weighted by molar-refractivity contribution is 6.18. The average Bonchev–Trinajstić information content (AvgIpc) is 4.16. The van der Waals surface area contributed by atoms with Crippen LogP contribution in [-0.2, 0) is 0 Å². The Hall–Kier alpha value is -9.80. The van der Waals surface area contributed by atoms with E-state index in [2.05, 4.69) is 163 Å². The molecular formula is C60H36N10. The lowest BCUT2D eigenvalue weighted by molar-refractivity contribution is 1.04. The minimum absolute atomic E-state index is 0.915. The zero-order chi connectivity index (χ0) is 45.9. The maximum absolute atomic E-state index is 4.94. The number of rotatable bonds is 6. The second kappa shape index (κ2) is 14.9. The Kier molecular flexibility index (Phi) is 8.13. The molecule has 0 fully saturated rings. The van der Waals surface area contributed by atoms with Crippen LogP contribution in [0.15, 0.2) is 220 Å². The van der Waals surface area contributed by atoms with Crippen molar-refractivity contribution < 1.29 is 0 Å². The van der Waals surface area contributed by atoms with Crippen LogP contribution in [0.3, 0.4) is 0 Å². The van der Waals surface area contributed by atoms with Gasteiger partial charge >= 0.3 is 0 Å². The summed E-state index contributed by atoms with van der Waals surface area (Å²) in [7, 11) is 0. The molecule has 0 saturated heterocycles. The summed E-state index contributed by atoms with van der Waals surface area (Å²) in [6, 6.07) is 51.8. The normalized spacial score (nSPS) is 12.0. The van der Waals surface area contributed by atoms with Crippen LogP contribution in [0, 0.1) is 0 Å². The molecule has 0 atom stereocenters. The molecular weight excluding hydrogens is 861 g/mol. The van der Waals surface area contributed by atoms with Gasteiger partial charge in [-0.15, -0.1) is 0 Å². The van der Waals surface area contributed by atoms with Crippen LogP contribution in [0.4, 0.5) is 0 Å². The third-order valence-electron chi connectivity index (χ3n) is 14.1. The predicted molar refractivity (Wildman–Crippen MR) is 281 cm³/mol. The van der Waals surface area contributed by atoms with Gasteiger partial charge in [0.2, 0.25) is 0 Å². The van der Waals surface area contributed by atoms with E-state index in [-0.39, 0.29) is 0 Å². The summed E-state index contributed by atoms with van der Waals surface area (Å²) in [5.41, 5.74) is 15.4. The van der Waals surface area contributed by atoms with Crippen molar-refractivity contribution in [3.63, 3.8) is 0 Å². The van der Waals surface area contributed by atoms with Crippen LogP contribution in [0.25, 0.3) is 132 Å². The molecule has 5 aromatic carbocycles. The third kappa shape index (κ3) is 5.26. The lowest BCUT2D eigenvalue weighted by Crippen LogP contribution is -2.16. The lowest BCUT2D eigenvalue weighted by Gasteiger charge is -2.31. The van der Waals surface area contributed by atoms with E-state index in [0.29, 0.717) is 0 Å². The van der Waals surface area contributed by atoms with Gasteiger partial charge in [0, 0.05) is 109 Å². The van der Waals surface area contributed by atoms with Crippen LogP contribution in [0.1, 0.15) is 0 Å². The zero-order valence-electron chi connectivity index (χ0n) is 37.3. The Morgan fingerprint density at radius 1 is 0.214 bits per heavy atom. The van der Waals surface area contributed by atoms with Gasteiger partial charge in [-0.05, 0) is 72.3 Å². The molecule has 15 rings (SSSR count). The maximum Gasteiger partial charge on any atom is 0.0812 e. The minimum atomic E-state index is 0.915. The van der Waals surface area contributed by atoms with Gasteiger partial charge in [0.15, 0.2) is 0 Å². The van der Waals surface area contributed by atoms with Crippen molar-refractivity contribution in [2.24, 2.45) is 0 Å². The summed E-state index contributed by atoms with van der Waals surface area (Å²) in [6.07, 6.45) is 23.2.